The molecule has 1 N–H and O–H groups in total. The number of amides is 1. The summed E-state index contributed by atoms with van der Waals surface area (Å²) >= 11 is 0. The minimum Gasteiger partial charge on any atom is -0.353 e. The molecule has 174 valence electrons. The molecule has 1 heterocycles. The molecule has 4 nitrogen and oxygen atoms in total. The number of allylic oxidation sites excluding steroid dienone is 3. The van der Waals surface area contributed by atoms with Crippen LogP contribution in [0.1, 0.15) is 100 Å². The summed E-state index contributed by atoms with van der Waals surface area (Å²) in [6.45, 7) is 11.5. The van der Waals surface area contributed by atoms with Gasteiger partial charge in [0.1, 0.15) is 0 Å². The van der Waals surface area contributed by atoms with E-state index in [0.29, 0.717) is 12.3 Å². The van der Waals surface area contributed by atoms with Gasteiger partial charge in [0, 0.05) is 46.5 Å². The third-order valence-electron chi connectivity index (χ3n) is 6.39. The third kappa shape index (κ3) is 6.38. The predicted molar refractivity (Wildman–Crippen MR) is 137 cm³/mol. The Balaban J connectivity index is 0.00000363. The van der Waals surface area contributed by atoms with Gasteiger partial charge in [-0.15, -0.1) is 0 Å². The molecule has 1 aromatic heterocycles. The first kappa shape index (κ1) is 23.4. The van der Waals surface area contributed by atoms with Crippen LogP contribution in [0.5, 0.6) is 0 Å². The van der Waals surface area contributed by atoms with E-state index in [-0.39, 0.29) is 21.6 Å². The van der Waals surface area contributed by atoms with Gasteiger partial charge in [-0.05, 0) is 69.2 Å². The first-order chi connectivity index (χ1) is 14.8. The minimum atomic E-state index is 0. The minimum absolute atomic E-state index is 0. The molecule has 0 bridgehead atoms. The van der Waals surface area contributed by atoms with Crippen LogP contribution in [0.2, 0.25) is 0 Å². The summed E-state index contributed by atoms with van der Waals surface area (Å²) in [7, 11) is 0. The molecular formula is C27H45N3O. The van der Waals surface area contributed by atoms with Gasteiger partial charge in [-0.3, -0.25) is 14.8 Å². The number of nitrogens with zero attached hydrogens (tertiary/aromatic N) is 2. The van der Waals surface area contributed by atoms with Crippen molar-refractivity contribution in [2.45, 2.75) is 91.5 Å². The van der Waals surface area contributed by atoms with Crippen molar-refractivity contribution in [3.8, 4) is 0 Å². The van der Waals surface area contributed by atoms with Crippen LogP contribution in [0, 0.1) is 5.41 Å². The molecule has 2 unspecified atom stereocenters. The molecule has 2 atom stereocenters. The topological polar surface area (TPSA) is 54.4 Å². The summed E-state index contributed by atoms with van der Waals surface area (Å²) in [6.07, 6.45) is 15.3. The smallest absolute Gasteiger partial charge is 0.220 e. The van der Waals surface area contributed by atoms with Crippen LogP contribution in [0.3, 0.4) is 0 Å². The van der Waals surface area contributed by atoms with Crippen molar-refractivity contribution in [2.24, 2.45) is 10.4 Å². The average Bonchev–Trinajstić information content (AvgIpc) is 3.20. The Morgan fingerprint density at radius 3 is 2.87 bits per heavy atom. The summed E-state index contributed by atoms with van der Waals surface area (Å²) in [5.74, 6) is 0.604. The number of fused-ring (bicyclic) bond motifs is 1. The lowest BCUT2D eigenvalue weighted by molar-refractivity contribution is -0.122. The van der Waals surface area contributed by atoms with Crippen molar-refractivity contribution >= 4 is 17.7 Å². The first-order valence-corrected chi connectivity index (χ1v) is 11.9. The van der Waals surface area contributed by atoms with E-state index in [9.17, 15) is 4.79 Å². The molecule has 0 saturated heterocycles. The monoisotopic (exact) mass is 427 g/mol. The molecule has 2 aliphatic rings. The third-order valence-corrected chi connectivity index (χ3v) is 6.39. The standard InChI is InChI=1S/C27H39N3O.3H2/c1-6-28-24(27(3,4)5)17-19(2)13-14-25(31)30-22-11-7-10-21(18-22)26-23-12-8-9-20(23)15-16-29-26;;;/h8,12,15-17,21-22H,6-7,9-11,13-14,18H2,1-5H3,(H,30,31);3*1H/b19-17+,28-24?;;;. The summed E-state index contributed by atoms with van der Waals surface area (Å²) in [5.41, 5.74) is 6.30. The maximum absolute atomic E-state index is 12.7. The van der Waals surface area contributed by atoms with Gasteiger partial charge in [0.2, 0.25) is 5.91 Å². The number of nitrogens with one attached hydrogen (secondary N) is 1. The lowest BCUT2D eigenvalue weighted by atomic mass is 9.81. The number of aromatic nitrogens is 1. The normalized spacial score (nSPS) is 21.8. The lowest BCUT2D eigenvalue weighted by Crippen LogP contribution is -2.38. The van der Waals surface area contributed by atoms with Crippen LogP contribution in [0.25, 0.3) is 6.08 Å². The second kappa shape index (κ2) is 10.4. The molecule has 0 spiro atoms. The van der Waals surface area contributed by atoms with Gasteiger partial charge < -0.3 is 5.32 Å². The van der Waals surface area contributed by atoms with E-state index >= 15 is 0 Å². The fourth-order valence-corrected chi connectivity index (χ4v) is 4.69. The van der Waals surface area contributed by atoms with E-state index in [1.165, 1.54) is 22.4 Å². The summed E-state index contributed by atoms with van der Waals surface area (Å²) in [5, 5.41) is 3.31. The maximum Gasteiger partial charge on any atom is 0.220 e. The molecule has 0 radical (unpaired) electrons. The van der Waals surface area contributed by atoms with Crippen LogP contribution in [-0.4, -0.2) is 29.2 Å². The molecule has 1 amide bonds. The van der Waals surface area contributed by atoms with Crippen LogP contribution in [0.4, 0.5) is 0 Å². The van der Waals surface area contributed by atoms with Gasteiger partial charge in [0.25, 0.3) is 0 Å². The molecule has 31 heavy (non-hydrogen) atoms. The SMILES string of the molecule is CCN=C(/C=C(\C)CCC(=O)NC1CCCC(c2nccc3c2C=CC3)C1)C(C)(C)C.[HH].[HH].[HH]. The van der Waals surface area contributed by atoms with E-state index < -0.39 is 0 Å². The zero-order chi connectivity index (χ0) is 22.4. The Labute approximate surface area is 192 Å². The molecule has 2 aliphatic carbocycles. The van der Waals surface area contributed by atoms with Crippen molar-refractivity contribution in [3.63, 3.8) is 0 Å². The van der Waals surface area contributed by atoms with Crippen molar-refractivity contribution in [1.29, 1.82) is 0 Å². The largest absolute Gasteiger partial charge is 0.353 e. The predicted octanol–water partition coefficient (Wildman–Crippen LogP) is 6.76. The van der Waals surface area contributed by atoms with E-state index in [0.717, 1.165) is 50.8 Å². The Bertz CT molecular complexity index is 888. The number of carbonyl (C=O) groups is 1. The highest BCUT2D eigenvalue weighted by Crippen LogP contribution is 2.36. The highest BCUT2D eigenvalue weighted by atomic mass is 16.1. The van der Waals surface area contributed by atoms with Gasteiger partial charge in [0.15, 0.2) is 0 Å². The second-order valence-electron chi connectivity index (χ2n) is 10.1. The Morgan fingerprint density at radius 2 is 2.13 bits per heavy atom. The number of hydrogen-bond donors (Lipinski definition) is 1. The molecule has 1 fully saturated rings. The van der Waals surface area contributed by atoms with Crippen molar-refractivity contribution in [2.75, 3.05) is 6.54 Å². The van der Waals surface area contributed by atoms with E-state index in [4.69, 9.17) is 4.98 Å². The quantitative estimate of drug-likeness (QED) is 0.488. The van der Waals surface area contributed by atoms with Crippen LogP contribution < -0.4 is 5.32 Å². The van der Waals surface area contributed by atoms with Gasteiger partial charge in [-0.2, -0.15) is 0 Å². The van der Waals surface area contributed by atoms with Gasteiger partial charge in [-0.25, -0.2) is 0 Å². The van der Waals surface area contributed by atoms with Crippen LogP contribution in [-0.2, 0) is 11.2 Å². The molecule has 3 rings (SSSR count). The molecule has 1 aromatic rings. The fraction of sp³-hybridized carbons (Fsp3) is 0.593. The Kier molecular flexibility index (Phi) is 7.85. The van der Waals surface area contributed by atoms with Gasteiger partial charge in [-0.1, -0.05) is 44.9 Å². The number of aliphatic imine (C=N–C) groups is 1. The zero-order valence-electron chi connectivity index (χ0n) is 20.0. The lowest BCUT2D eigenvalue weighted by Gasteiger charge is -2.30. The van der Waals surface area contributed by atoms with E-state index in [1.807, 2.05) is 6.20 Å². The molecular weight excluding hydrogens is 382 g/mol. The van der Waals surface area contributed by atoms with Crippen LogP contribution >= 0.6 is 0 Å². The molecule has 0 aliphatic heterocycles. The highest BCUT2D eigenvalue weighted by Gasteiger charge is 2.27. The summed E-state index contributed by atoms with van der Waals surface area (Å²) in [4.78, 5) is 22.0. The van der Waals surface area contributed by atoms with E-state index in [2.05, 4.69) is 69.2 Å². The number of rotatable bonds is 7. The average molecular weight is 428 g/mol. The van der Waals surface area contributed by atoms with Gasteiger partial charge >= 0.3 is 0 Å². The van der Waals surface area contributed by atoms with Crippen LogP contribution in [0.15, 0.2) is 35.0 Å². The maximum atomic E-state index is 12.7. The zero-order valence-corrected chi connectivity index (χ0v) is 20.0. The molecule has 4 heteroatoms. The number of hydrogen-bond acceptors (Lipinski definition) is 3. The second-order valence-corrected chi connectivity index (χ2v) is 10.1. The summed E-state index contributed by atoms with van der Waals surface area (Å²) < 4.78 is 0. The van der Waals surface area contributed by atoms with Crippen molar-refractivity contribution in [3.05, 3.63) is 46.8 Å². The fourth-order valence-electron chi connectivity index (χ4n) is 4.69. The summed E-state index contributed by atoms with van der Waals surface area (Å²) in [6, 6.07) is 2.39. The van der Waals surface area contributed by atoms with E-state index in [1.54, 1.807) is 0 Å². The first-order valence-electron chi connectivity index (χ1n) is 11.9. The number of carbonyl (C=O) groups excluding carboxylic acids is 1. The molecule has 0 aromatic carbocycles. The Morgan fingerprint density at radius 1 is 1.32 bits per heavy atom. The highest BCUT2D eigenvalue weighted by molar-refractivity contribution is 5.99. The Hall–Kier alpha value is -2.23. The van der Waals surface area contributed by atoms with Crippen molar-refractivity contribution < 1.29 is 9.07 Å². The van der Waals surface area contributed by atoms with Gasteiger partial charge in [0.05, 0.1) is 5.69 Å². The molecule has 1 saturated carbocycles. The van der Waals surface area contributed by atoms with Crippen molar-refractivity contribution in [1.82, 2.24) is 10.3 Å². The number of pyridine rings is 1.